The summed E-state index contributed by atoms with van der Waals surface area (Å²) in [7, 11) is 0. The van der Waals surface area contributed by atoms with Gasteiger partial charge in [-0.15, -0.1) is 0 Å². The van der Waals surface area contributed by atoms with Gasteiger partial charge in [0.15, 0.2) is 0 Å². The van der Waals surface area contributed by atoms with Gasteiger partial charge in [0, 0.05) is 32.1 Å². The minimum Gasteiger partial charge on any atom is -0.342 e. The van der Waals surface area contributed by atoms with Crippen molar-refractivity contribution in [2.75, 3.05) is 19.6 Å². The number of carbonyl (C=O) groups excluding carboxylic acids is 2. The van der Waals surface area contributed by atoms with E-state index in [1.54, 1.807) is 0 Å². The molecule has 4 nitrogen and oxygen atoms in total. The minimum atomic E-state index is 0.211. The maximum absolute atomic E-state index is 12.5. The summed E-state index contributed by atoms with van der Waals surface area (Å²) in [5, 5.41) is 0. The Morgan fingerprint density at radius 3 is 2.33 bits per heavy atom. The predicted octanol–water partition coefficient (Wildman–Crippen LogP) is 2.80. The number of piperidine rings is 2. The van der Waals surface area contributed by atoms with Gasteiger partial charge in [-0.3, -0.25) is 9.59 Å². The predicted molar refractivity (Wildman–Crippen MR) is 94.7 cm³/mol. The normalized spacial score (nSPS) is 19.6. The van der Waals surface area contributed by atoms with Crippen molar-refractivity contribution in [1.82, 2.24) is 9.80 Å². The molecule has 2 aliphatic heterocycles. The number of aryl methyl sites for hydroxylation is 1. The van der Waals surface area contributed by atoms with Crippen LogP contribution in [0.5, 0.6) is 0 Å². The third-order valence-corrected chi connectivity index (χ3v) is 5.40. The molecule has 2 fully saturated rings. The van der Waals surface area contributed by atoms with Gasteiger partial charge in [0.2, 0.25) is 11.8 Å². The van der Waals surface area contributed by atoms with Crippen LogP contribution in [0.15, 0.2) is 24.3 Å². The maximum atomic E-state index is 12.5. The van der Waals surface area contributed by atoms with E-state index in [1.807, 2.05) is 4.90 Å². The summed E-state index contributed by atoms with van der Waals surface area (Å²) >= 11 is 0. The van der Waals surface area contributed by atoms with E-state index in [-0.39, 0.29) is 5.91 Å². The zero-order chi connectivity index (χ0) is 16.9. The minimum absolute atomic E-state index is 0.211. The lowest BCUT2D eigenvalue weighted by molar-refractivity contribution is -0.138. The van der Waals surface area contributed by atoms with Gasteiger partial charge in [-0.2, -0.15) is 0 Å². The SMILES string of the molecule is CCc1ccc(CC(=O)N2CCC(N3CCCCC3=O)CC2)cc1. The van der Waals surface area contributed by atoms with Crippen molar-refractivity contribution >= 4 is 11.8 Å². The summed E-state index contributed by atoms with van der Waals surface area (Å²) in [6.45, 7) is 4.60. The zero-order valence-corrected chi connectivity index (χ0v) is 14.7. The van der Waals surface area contributed by atoms with E-state index in [0.717, 1.165) is 57.3 Å². The van der Waals surface area contributed by atoms with Gasteiger partial charge >= 0.3 is 0 Å². The van der Waals surface area contributed by atoms with Crippen LogP contribution in [0.2, 0.25) is 0 Å². The average molecular weight is 328 g/mol. The second-order valence-electron chi connectivity index (χ2n) is 7.00. The van der Waals surface area contributed by atoms with Gasteiger partial charge in [0.1, 0.15) is 0 Å². The Balaban J connectivity index is 1.50. The summed E-state index contributed by atoms with van der Waals surface area (Å²) in [5.41, 5.74) is 2.39. The standard InChI is InChI=1S/C20H28N2O2/c1-2-16-6-8-17(9-7-16)15-20(24)21-13-10-18(11-14-21)22-12-4-3-5-19(22)23/h6-9,18H,2-5,10-15H2,1H3. The Bertz CT molecular complexity index is 574. The summed E-state index contributed by atoms with van der Waals surface area (Å²) < 4.78 is 0. The van der Waals surface area contributed by atoms with E-state index >= 15 is 0 Å². The van der Waals surface area contributed by atoms with E-state index < -0.39 is 0 Å². The van der Waals surface area contributed by atoms with E-state index in [4.69, 9.17) is 0 Å². The molecular formula is C20H28N2O2. The van der Waals surface area contributed by atoms with Crippen LogP contribution in [0.25, 0.3) is 0 Å². The van der Waals surface area contributed by atoms with Crippen LogP contribution < -0.4 is 0 Å². The first-order valence-electron chi connectivity index (χ1n) is 9.32. The first kappa shape index (κ1) is 17.0. The van der Waals surface area contributed by atoms with Crippen molar-refractivity contribution in [2.45, 2.75) is 57.9 Å². The van der Waals surface area contributed by atoms with Crippen LogP contribution in [0.1, 0.15) is 50.2 Å². The summed E-state index contributed by atoms with van der Waals surface area (Å²) in [4.78, 5) is 28.6. The number of hydrogen-bond acceptors (Lipinski definition) is 2. The number of amides is 2. The van der Waals surface area contributed by atoms with E-state index in [1.165, 1.54) is 5.56 Å². The molecule has 0 radical (unpaired) electrons. The quantitative estimate of drug-likeness (QED) is 0.853. The molecule has 0 saturated carbocycles. The van der Waals surface area contributed by atoms with E-state index in [2.05, 4.69) is 36.1 Å². The van der Waals surface area contributed by atoms with Crippen molar-refractivity contribution in [1.29, 1.82) is 0 Å². The Kier molecular flexibility index (Phi) is 5.54. The van der Waals surface area contributed by atoms with Gasteiger partial charge in [-0.05, 0) is 43.2 Å². The molecule has 24 heavy (non-hydrogen) atoms. The second kappa shape index (κ2) is 7.82. The molecule has 3 rings (SSSR count). The summed E-state index contributed by atoms with van der Waals surface area (Å²) in [5.74, 6) is 0.518. The molecule has 4 heteroatoms. The lowest BCUT2D eigenvalue weighted by Crippen LogP contribution is -2.50. The van der Waals surface area contributed by atoms with Gasteiger partial charge < -0.3 is 9.80 Å². The van der Waals surface area contributed by atoms with E-state index in [0.29, 0.717) is 24.8 Å². The fourth-order valence-electron chi connectivity index (χ4n) is 3.82. The molecule has 2 amide bonds. The van der Waals surface area contributed by atoms with Gasteiger partial charge in [-0.25, -0.2) is 0 Å². The molecule has 0 bridgehead atoms. The molecule has 1 aromatic carbocycles. The summed E-state index contributed by atoms with van der Waals surface area (Å²) in [6, 6.07) is 8.69. The number of hydrogen-bond donors (Lipinski definition) is 0. The smallest absolute Gasteiger partial charge is 0.226 e. The number of likely N-dealkylation sites (tertiary alicyclic amines) is 2. The third-order valence-electron chi connectivity index (χ3n) is 5.40. The molecule has 0 aliphatic carbocycles. The monoisotopic (exact) mass is 328 g/mol. The maximum Gasteiger partial charge on any atom is 0.226 e. The fraction of sp³-hybridized carbons (Fsp3) is 0.600. The van der Waals surface area contributed by atoms with Crippen LogP contribution in [0.3, 0.4) is 0 Å². The average Bonchev–Trinajstić information content (AvgIpc) is 2.63. The van der Waals surface area contributed by atoms with Crippen LogP contribution in [-0.4, -0.2) is 47.3 Å². The van der Waals surface area contributed by atoms with Crippen LogP contribution >= 0.6 is 0 Å². The molecule has 0 unspecified atom stereocenters. The second-order valence-corrected chi connectivity index (χ2v) is 7.00. The van der Waals surface area contributed by atoms with Crippen molar-refractivity contribution in [3.8, 4) is 0 Å². The molecule has 0 N–H and O–H groups in total. The van der Waals surface area contributed by atoms with Crippen LogP contribution in [-0.2, 0) is 22.4 Å². The van der Waals surface area contributed by atoms with E-state index in [9.17, 15) is 9.59 Å². The zero-order valence-electron chi connectivity index (χ0n) is 14.7. The number of rotatable bonds is 4. The molecule has 130 valence electrons. The van der Waals surface area contributed by atoms with Crippen molar-refractivity contribution in [2.24, 2.45) is 0 Å². The molecule has 2 heterocycles. The highest BCUT2D eigenvalue weighted by atomic mass is 16.2. The Labute approximate surface area is 144 Å². The number of nitrogens with zero attached hydrogens (tertiary/aromatic N) is 2. The molecule has 0 aromatic heterocycles. The lowest BCUT2D eigenvalue weighted by atomic mass is 9.99. The first-order chi connectivity index (χ1) is 11.7. The molecule has 0 spiro atoms. The highest BCUT2D eigenvalue weighted by Crippen LogP contribution is 2.22. The molecule has 1 aromatic rings. The van der Waals surface area contributed by atoms with Crippen molar-refractivity contribution < 1.29 is 9.59 Å². The molecule has 2 aliphatic rings. The number of benzene rings is 1. The number of carbonyl (C=O) groups is 2. The highest BCUT2D eigenvalue weighted by Gasteiger charge is 2.30. The lowest BCUT2D eigenvalue weighted by Gasteiger charge is -2.40. The molecule has 2 saturated heterocycles. The van der Waals surface area contributed by atoms with Crippen LogP contribution in [0.4, 0.5) is 0 Å². The highest BCUT2D eigenvalue weighted by molar-refractivity contribution is 5.79. The molecule has 0 atom stereocenters. The van der Waals surface area contributed by atoms with Crippen molar-refractivity contribution in [3.05, 3.63) is 35.4 Å². The third kappa shape index (κ3) is 3.97. The topological polar surface area (TPSA) is 40.6 Å². The van der Waals surface area contributed by atoms with Gasteiger partial charge in [0.25, 0.3) is 0 Å². The van der Waals surface area contributed by atoms with Crippen LogP contribution in [0, 0.1) is 0 Å². The Morgan fingerprint density at radius 1 is 1.04 bits per heavy atom. The fourth-order valence-corrected chi connectivity index (χ4v) is 3.82. The van der Waals surface area contributed by atoms with Crippen molar-refractivity contribution in [3.63, 3.8) is 0 Å². The summed E-state index contributed by atoms with van der Waals surface area (Å²) in [6.07, 6.45) is 6.21. The first-order valence-corrected chi connectivity index (χ1v) is 9.32. The molecular weight excluding hydrogens is 300 g/mol. The van der Waals surface area contributed by atoms with Gasteiger partial charge in [-0.1, -0.05) is 31.2 Å². The Hall–Kier alpha value is -1.84. The largest absolute Gasteiger partial charge is 0.342 e. The van der Waals surface area contributed by atoms with Gasteiger partial charge in [0.05, 0.1) is 6.42 Å². The Morgan fingerprint density at radius 2 is 1.71 bits per heavy atom.